The van der Waals surface area contributed by atoms with Crippen molar-refractivity contribution in [2.45, 2.75) is 0 Å². The Hall–Kier alpha value is -0.550. The molecule has 0 amide bonds. The molecule has 1 rings (SSSR count). The van der Waals surface area contributed by atoms with Crippen molar-refractivity contribution in [3.63, 3.8) is 0 Å². The van der Waals surface area contributed by atoms with E-state index in [1.807, 2.05) is 7.05 Å². The average molecular weight is 278 g/mol. The fraction of sp³-hybridized carbons (Fsp3) is 0.545. The molecule has 0 unspecified atom stereocenters. The Balaban J connectivity index is 2.30. The van der Waals surface area contributed by atoms with Gasteiger partial charge in [0.05, 0.1) is 16.7 Å². The first-order chi connectivity index (χ1) is 8.13. The smallest absolute Gasteiger partial charge is 0.144 e. The van der Waals surface area contributed by atoms with Crippen LogP contribution in [-0.4, -0.2) is 50.3 Å². The van der Waals surface area contributed by atoms with E-state index in [0.29, 0.717) is 15.9 Å². The predicted molar refractivity (Wildman–Crippen MR) is 72.1 cm³/mol. The van der Waals surface area contributed by atoms with Crippen LogP contribution in [0.3, 0.4) is 0 Å². The molecule has 17 heavy (non-hydrogen) atoms. The van der Waals surface area contributed by atoms with Crippen molar-refractivity contribution in [1.29, 1.82) is 0 Å². The van der Waals surface area contributed by atoms with Gasteiger partial charge in [-0.3, -0.25) is 0 Å². The fourth-order valence-corrected chi connectivity index (χ4v) is 1.72. The number of hydrogen-bond donors (Lipinski definition) is 1. The third-order valence-corrected chi connectivity index (χ3v) is 2.77. The summed E-state index contributed by atoms with van der Waals surface area (Å²) < 4.78 is 5.00. The molecule has 0 saturated carbocycles. The second-order valence-electron chi connectivity index (χ2n) is 3.71. The van der Waals surface area contributed by atoms with Gasteiger partial charge in [0.1, 0.15) is 5.82 Å². The molecule has 0 atom stereocenters. The van der Waals surface area contributed by atoms with Crippen LogP contribution < -0.4 is 5.32 Å². The standard InChI is InChI=1S/C11H17Cl2N3O/c1-16(5-6-17-2)4-3-14-11-10(13)7-9(12)8-15-11/h7-8H,3-6H2,1-2H3,(H,14,15). The lowest BCUT2D eigenvalue weighted by Gasteiger charge is -2.16. The Bertz CT molecular complexity index is 349. The third-order valence-electron chi connectivity index (χ3n) is 2.27. The summed E-state index contributed by atoms with van der Waals surface area (Å²) in [6.07, 6.45) is 1.57. The topological polar surface area (TPSA) is 37.4 Å². The van der Waals surface area contributed by atoms with E-state index in [1.165, 1.54) is 0 Å². The zero-order chi connectivity index (χ0) is 12.7. The Kier molecular flexibility index (Phi) is 6.58. The van der Waals surface area contributed by atoms with Crippen LogP contribution in [0.4, 0.5) is 5.82 Å². The molecular weight excluding hydrogens is 261 g/mol. The molecule has 1 N–H and O–H groups in total. The number of halogens is 2. The molecule has 0 saturated heterocycles. The van der Waals surface area contributed by atoms with Gasteiger partial charge in [0, 0.05) is 32.9 Å². The average Bonchev–Trinajstić information content (AvgIpc) is 2.29. The highest BCUT2D eigenvalue weighted by Crippen LogP contribution is 2.21. The number of nitrogens with one attached hydrogen (secondary N) is 1. The first-order valence-electron chi connectivity index (χ1n) is 5.36. The van der Waals surface area contributed by atoms with Gasteiger partial charge >= 0.3 is 0 Å². The summed E-state index contributed by atoms with van der Waals surface area (Å²) in [5, 5.41) is 4.24. The lowest BCUT2D eigenvalue weighted by molar-refractivity contribution is 0.163. The van der Waals surface area contributed by atoms with Gasteiger partial charge in [-0.1, -0.05) is 23.2 Å². The van der Waals surface area contributed by atoms with Gasteiger partial charge in [0.25, 0.3) is 0 Å². The van der Waals surface area contributed by atoms with Crippen LogP contribution in [0, 0.1) is 0 Å². The Labute approximate surface area is 112 Å². The summed E-state index contributed by atoms with van der Waals surface area (Å²) in [7, 11) is 3.74. The normalized spacial score (nSPS) is 10.9. The van der Waals surface area contributed by atoms with E-state index >= 15 is 0 Å². The highest BCUT2D eigenvalue weighted by molar-refractivity contribution is 6.35. The minimum atomic E-state index is 0.539. The van der Waals surface area contributed by atoms with E-state index in [2.05, 4.69) is 15.2 Å². The van der Waals surface area contributed by atoms with E-state index in [9.17, 15) is 0 Å². The summed E-state index contributed by atoms with van der Waals surface area (Å²) in [6.45, 7) is 3.30. The Morgan fingerprint density at radius 1 is 1.41 bits per heavy atom. The Morgan fingerprint density at radius 3 is 2.82 bits per heavy atom. The molecule has 0 bridgehead atoms. The minimum Gasteiger partial charge on any atom is -0.383 e. The summed E-state index contributed by atoms with van der Waals surface area (Å²) >= 11 is 11.7. The van der Waals surface area contributed by atoms with Crippen molar-refractivity contribution in [3.05, 3.63) is 22.3 Å². The number of rotatable bonds is 7. The van der Waals surface area contributed by atoms with E-state index in [1.54, 1.807) is 19.4 Å². The molecule has 4 nitrogen and oxygen atoms in total. The van der Waals surface area contributed by atoms with Crippen LogP contribution in [0.5, 0.6) is 0 Å². The lowest BCUT2D eigenvalue weighted by Crippen LogP contribution is -2.28. The number of anilines is 1. The first kappa shape index (κ1) is 14.5. The number of methoxy groups -OCH3 is 1. The van der Waals surface area contributed by atoms with Crippen LogP contribution in [0.25, 0.3) is 0 Å². The summed E-state index contributed by atoms with van der Waals surface area (Å²) in [4.78, 5) is 6.29. The molecule has 0 aromatic carbocycles. The molecule has 1 aromatic rings. The monoisotopic (exact) mass is 277 g/mol. The maximum Gasteiger partial charge on any atom is 0.144 e. The molecule has 0 aliphatic carbocycles. The quantitative estimate of drug-likeness (QED) is 0.831. The molecular formula is C11H17Cl2N3O. The first-order valence-corrected chi connectivity index (χ1v) is 6.11. The van der Waals surface area contributed by atoms with Gasteiger partial charge in [-0.2, -0.15) is 0 Å². The number of likely N-dealkylation sites (N-methyl/N-ethyl adjacent to an activating group) is 1. The largest absolute Gasteiger partial charge is 0.383 e. The van der Waals surface area contributed by atoms with Crippen molar-refractivity contribution in [1.82, 2.24) is 9.88 Å². The second kappa shape index (κ2) is 7.71. The minimum absolute atomic E-state index is 0.539. The Morgan fingerprint density at radius 2 is 2.18 bits per heavy atom. The zero-order valence-electron chi connectivity index (χ0n) is 10.0. The number of hydrogen-bond acceptors (Lipinski definition) is 4. The summed E-state index contributed by atoms with van der Waals surface area (Å²) in [5.41, 5.74) is 0. The van der Waals surface area contributed by atoms with Crippen molar-refractivity contribution < 1.29 is 4.74 Å². The summed E-state index contributed by atoms with van der Waals surface area (Å²) in [5.74, 6) is 0.663. The molecule has 0 aliphatic rings. The van der Waals surface area contributed by atoms with E-state index < -0.39 is 0 Å². The number of nitrogens with zero attached hydrogens (tertiary/aromatic N) is 2. The van der Waals surface area contributed by atoms with Crippen LogP contribution in [-0.2, 0) is 4.74 Å². The molecule has 96 valence electrons. The number of aromatic nitrogens is 1. The second-order valence-corrected chi connectivity index (χ2v) is 4.55. The molecule has 1 aromatic heterocycles. The van der Waals surface area contributed by atoms with Crippen molar-refractivity contribution in [2.24, 2.45) is 0 Å². The number of ether oxygens (including phenoxy) is 1. The lowest BCUT2D eigenvalue weighted by atomic mass is 10.4. The highest BCUT2D eigenvalue weighted by atomic mass is 35.5. The highest BCUT2D eigenvalue weighted by Gasteiger charge is 2.03. The predicted octanol–water partition coefficient (Wildman–Crippen LogP) is 2.38. The molecule has 0 spiro atoms. The molecule has 0 fully saturated rings. The van der Waals surface area contributed by atoms with Crippen molar-refractivity contribution in [3.8, 4) is 0 Å². The van der Waals surface area contributed by atoms with Crippen LogP contribution >= 0.6 is 23.2 Å². The molecule has 1 heterocycles. The number of pyridine rings is 1. The van der Waals surface area contributed by atoms with E-state index in [0.717, 1.165) is 26.2 Å². The van der Waals surface area contributed by atoms with Crippen molar-refractivity contribution >= 4 is 29.0 Å². The van der Waals surface area contributed by atoms with E-state index in [-0.39, 0.29) is 0 Å². The zero-order valence-corrected chi connectivity index (χ0v) is 11.6. The van der Waals surface area contributed by atoms with Crippen LogP contribution in [0.2, 0.25) is 10.0 Å². The SMILES string of the molecule is COCCN(C)CCNc1ncc(Cl)cc1Cl. The van der Waals surface area contributed by atoms with Gasteiger partial charge in [0.2, 0.25) is 0 Å². The van der Waals surface area contributed by atoms with Gasteiger partial charge in [-0.25, -0.2) is 4.98 Å². The maximum atomic E-state index is 5.99. The molecule has 0 aliphatic heterocycles. The maximum absolute atomic E-state index is 5.99. The van der Waals surface area contributed by atoms with Gasteiger partial charge in [-0.05, 0) is 13.1 Å². The van der Waals surface area contributed by atoms with Crippen LogP contribution in [0.1, 0.15) is 0 Å². The van der Waals surface area contributed by atoms with Gasteiger partial charge in [-0.15, -0.1) is 0 Å². The van der Waals surface area contributed by atoms with Crippen molar-refractivity contribution in [2.75, 3.05) is 45.7 Å². The van der Waals surface area contributed by atoms with Crippen LogP contribution in [0.15, 0.2) is 12.3 Å². The van der Waals surface area contributed by atoms with Gasteiger partial charge in [0.15, 0.2) is 0 Å². The van der Waals surface area contributed by atoms with E-state index in [4.69, 9.17) is 27.9 Å². The fourth-order valence-electron chi connectivity index (χ4n) is 1.27. The van der Waals surface area contributed by atoms with Gasteiger partial charge < -0.3 is 15.0 Å². The third kappa shape index (κ3) is 5.55. The molecule has 6 heteroatoms. The molecule has 0 radical (unpaired) electrons. The summed E-state index contributed by atoms with van der Waals surface area (Å²) in [6, 6.07) is 1.67.